The fourth-order valence-corrected chi connectivity index (χ4v) is 3.47. The van der Waals surface area contributed by atoms with Gasteiger partial charge in [0.15, 0.2) is 0 Å². The number of phenols is 1. The van der Waals surface area contributed by atoms with Crippen molar-refractivity contribution >= 4 is 23.0 Å². The molecule has 1 fully saturated rings. The molecule has 0 radical (unpaired) electrons. The van der Waals surface area contributed by atoms with Gasteiger partial charge in [-0.2, -0.15) is 0 Å². The number of hydrogen-bond donors (Lipinski definition) is 1. The van der Waals surface area contributed by atoms with Crippen molar-refractivity contribution in [3.63, 3.8) is 0 Å². The molecule has 1 aliphatic rings. The minimum absolute atomic E-state index is 0.314. The van der Waals surface area contributed by atoms with Crippen LogP contribution in [0.2, 0.25) is 0 Å². The number of rotatable bonds is 4. The minimum Gasteiger partial charge on any atom is -0.508 e. The van der Waals surface area contributed by atoms with Crippen molar-refractivity contribution in [2.75, 3.05) is 36.0 Å². The first-order valence-electron chi connectivity index (χ1n) is 9.42. The van der Waals surface area contributed by atoms with Gasteiger partial charge in [-0.05, 0) is 36.4 Å². The van der Waals surface area contributed by atoms with Crippen molar-refractivity contribution in [2.24, 2.45) is 24.3 Å². The predicted octanol–water partition coefficient (Wildman–Crippen LogP) is 3.30. The Morgan fingerprint density at radius 2 is 1.57 bits per heavy atom. The third-order valence-corrected chi connectivity index (χ3v) is 5.09. The topological polar surface area (TPSA) is 60.2 Å². The molecule has 0 aliphatic carbocycles. The van der Waals surface area contributed by atoms with E-state index in [1.807, 2.05) is 66.0 Å². The molecule has 144 valence electrons. The molecule has 1 saturated heterocycles. The number of hydrogen-bond acceptors (Lipinski definition) is 5. The molecule has 4 rings (SSSR count). The summed E-state index contributed by atoms with van der Waals surface area (Å²) in [6, 6.07) is 15.7. The normalized spacial score (nSPS) is 14.8. The third kappa shape index (κ3) is 3.83. The van der Waals surface area contributed by atoms with Crippen LogP contribution in [0.3, 0.4) is 0 Å². The van der Waals surface area contributed by atoms with Crippen LogP contribution < -0.4 is 14.4 Å². The molecule has 0 unspecified atom stereocenters. The minimum atomic E-state index is 0.314. The van der Waals surface area contributed by atoms with E-state index in [1.54, 1.807) is 6.07 Å². The summed E-state index contributed by atoms with van der Waals surface area (Å²) in [6.45, 7) is 3.73. The second-order valence-electron chi connectivity index (χ2n) is 7.03. The molecule has 0 atom stereocenters. The van der Waals surface area contributed by atoms with E-state index >= 15 is 0 Å². The maximum Gasteiger partial charge on any atom is 0.421 e. The maximum absolute atomic E-state index is 9.68. The quantitative estimate of drug-likeness (QED) is 0.561. The maximum atomic E-state index is 9.68. The zero-order valence-corrected chi connectivity index (χ0v) is 16.2. The van der Waals surface area contributed by atoms with Gasteiger partial charge in [0.25, 0.3) is 0 Å². The Morgan fingerprint density at radius 1 is 0.893 bits per heavy atom. The van der Waals surface area contributed by atoms with Gasteiger partial charge in [-0.15, -0.1) is 0 Å². The second-order valence-corrected chi connectivity index (χ2v) is 7.03. The number of benzene rings is 2. The fraction of sp³-hybridized carbons (Fsp3) is 0.286. The van der Waals surface area contributed by atoms with E-state index < -0.39 is 0 Å². The predicted molar refractivity (Wildman–Crippen MR) is 110 cm³/mol. The number of nitrogens with zero attached hydrogens (tertiary/aromatic N) is 6. The largest absolute Gasteiger partial charge is 0.508 e. The zero-order chi connectivity index (χ0) is 19.5. The number of imidazole rings is 1. The lowest BCUT2D eigenvalue weighted by Gasteiger charge is -2.37. The molecule has 2 heterocycles. The first-order chi connectivity index (χ1) is 13.6. The Bertz CT molecular complexity index is 951. The number of aromatic hydroxyl groups is 1. The van der Waals surface area contributed by atoms with Gasteiger partial charge in [0.05, 0.1) is 26.5 Å². The van der Waals surface area contributed by atoms with Crippen LogP contribution >= 0.6 is 0 Å². The first kappa shape index (κ1) is 18.0. The molecule has 1 aliphatic heterocycles. The third-order valence-electron chi connectivity index (χ3n) is 5.09. The molecule has 1 aromatic heterocycles. The van der Waals surface area contributed by atoms with Crippen molar-refractivity contribution in [1.29, 1.82) is 0 Å². The average Bonchev–Trinajstić information content (AvgIpc) is 3.04. The Balaban J connectivity index is 1.38. The van der Waals surface area contributed by atoms with E-state index in [0.29, 0.717) is 5.75 Å². The molecule has 0 amide bonds. The SMILES string of the molecule is Cn1cc[n+](C)c1N=Nc1ccc(N2CCN(c3cccc(O)c3)CC2)cc1. The molecular formula is C21H25N6O+. The summed E-state index contributed by atoms with van der Waals surface area (Å²) in [5.41, 5.74) is 3.10. The number of aromatic nitrogens is 2. The van der Waals surface area contributed by atoms with Crippen molar-refractivity contribution in [2.45, 2.75) is 0 Å². The highest BCUT2D eigenvalue weighted by atomic mass is 16.3. The van der Waals surface area contributed by atoms with Crippen LogP contribution in [0.4, 0.5) is 23.0 Å². The number of aryl methyl sites for hydroxylation is 2. The molecular weight excluding hydrogens is 352 g/mol. The fourth-order valence-electron chi connectivity index (χ4n) is 3.47. The van der Waals surface area contributed by atoms with Crippen LogP contribution in [0.15, 0.2) is 71.2 Å². The van der Waals surface area contributed by atoms with E-state index in [2.05, 4.69) is 32.2 Å². The van der Waals surface area contributed by atoms with Crippen LogP contribution in [0.25, 0.3) is 0 Å². The Kier molecular flexibility index (Phi) is 4.97. The number of azo groups is 1. The van der Waals surface area contributed by atoms with E-state index in [-0.39, 0.29) is 0 Å². The summed E-state index contributed by atoms with van der Waals surface area (Å²) in [5, 5.41) is 18.4. The van der Waals surface area contributed by atoms with Crippen molar-refractivity contribution in [3.05, 3.63) is 60.9 Å². The van der Waals surface area contributed by atoms with Gasteiger partial charge in [-0.3, -0.25) is 0 Å². The lowest BCUT2D eigenvalue weighted by Crippen LogP contribution is -2.46. The van der Waals surface area contributed by atoms with Crippen LogP contribution in [0.5, 0.6) is 5.75 Å². The monoisotopic (exact) mass is 377 g/mol. The molecule has 0 bridgehead atoms. The lowest BCUT2D eigenvalue weighted by atomic mass is 10.2. The molecule has 0 saturated carbocycles. The Morgan fingerprint density at radius 3 is 2.18 bits per heavy atom. The van der Waals surface area contributed by atoms with Gasteiger partial charge in [0, 0.05) is 48.7 Å². The van der Waals surface area contributed by atoms with Gasteiger partial charge in [-0.25, -0.2) is 9.13 Å². The highest BCUT2D eigenvalue weighted by molar-refractivity contribution is 5.56. The van der Waals surface area contributed by atoms with E-state index in [1.165, 1.54) is 5.69 Å². The highest BCUT2D eigenvalue weighted by Gasteiger charge is 2.18. The van der Waals surface area contributed by atoms with Crippen LogP contribution in [0.1, 0.15) is 0 Å². The van der Waals surface area contributed by atoms with E-state index in [4.69, 9.17) is 0 Å². The van der Waals surface area contributed by atoms with Crippen molar-refractivity contribution in [3.8, 4) is 5.75 Å². The summed E-state index contributed by atoms with van der Waals surface area (Å²) in [5.74, 6) is 1.11. The number of piperazine rings is 1. The summed E-state index contributed by atoms with van der Waals surface area (Å²) in [6.07, 6.45) is 3.90. The summed E-state index contributed by atoms with van der Waals surface area (Å²) < 4.78 is 3.87. The highest BCUT2D eigenvalue weighted by Crippen LogP contribution is 2.25. The molecule has 0 spiro atoms. The van der Waals surface area contributed by atoms with Gasteiger partial charge < -0.3 is 14.9 Å². The molecule has 2 aromatic carbocycles. The Hall–Kier alpha value is -3.35. The van der Waals surface area contributed by atoms with Gasteiger partial charge in [0.1, 0.15) is 11.4 Å². The summed E-state index contributed by atoms with van der Waals surface area (Å²) in [4.78, 5) is 4.68. The van der Waals surface area contributed by atoms with Crippen LogP contribution in [-0.4, -0.2) is 35.9 Å². The molecule has 28 heavy (non-hydrogen) atoms. The van der Waals surface area contributed by atoms with Gasteiger partial charge >= 0.3 is 5.95 Å². The second kappa shape index (κ2) is 7.72. The van der Waals surface area contributed by atoms with Gasteiger partial charge in [0.2, 0.25) is 0 Å². The lowest BCUT2D eigenvalue weighted by molar-refractivity contribution is -0.657. The molecule has 3 aromatic rings. The molecule has 7 nitrogen and oxygen atoms in total. The van der Waals surface area contributed by atoms with Gasteiger partial charge in [-0.1, -0.05) is 11.2 Å². The van der Waals surface area contributed by atoms with Crippen LogP contribution in [-0.2, 0) is 14.1 Å². The summed E-state index contributed by atoms with van der Waals surface area (Å²) in [7, 11) is 3.90. The standard InChI is InChI=1S/C21H24N6O/c1-24-10-11-25(2)21(24)23-22-17-6-8-18(9-7-17)26-12-14-27(15-13-26)19-4-3-5-20(28)16-19/h3-11,16H,12-15H2,1-2H3/p+1. The molecule has 7 heteroatoms. The smallest absolute Gasteiger partial charge is 0.421 e. The van der Waals surface area contributed by atoms with Crippen molar-refractivity contribution < 1.29 is 9.67 Å². The number of anilines is 2. The number of phenolic OH excluding ortho intramolecular Hbond substituents is 1. The molecule has 1 N–H and O–H groups in total. The summed E-state index contributed by atoms with van der Waals surface area (Å²) >= 11 is 0. The van der Waals surface area contributed by atoms with Crippen molar-refractivity contribution in [1.82, 2.24) is 4.57 Å². The average molecular weight is 377 g/mol. The van der Waals surface area contributed by atoms with Crippen LogP contribution in [0, 0.1) is 0 Å². The van der Waals surface area contributed by atoms with E-state index in [0.717, 1.165) is 43.5 Å². The first-order valence-corrected chi connectivity index (χ1v) is 9.42. The van der Waals surface area contributed by atoms with E-state index in [9.17, 15) is 5.11 Å². The Labute approximate surface area is 164 Å². The zero-order valence-electron chi connectivity index (χ0n) is 16.2.